The first-order chi connectivity index (χ1) is 8.29. The van der Waals surface area contributed by atoms with Crippen LogP contribution in [-0.4, -0.2) is 54.7 Å². The molecular formula is C11H19NO6. The highest BCUT2D eigenvalue weighted by molar-refractivity contribution is 5.80. The maximum absolute atomic E-state index is 11.5. The van der Waals surface area contributed by atoms with Crippen LogP contribution in [0.5, 0.6) is 0 Å². The predicted octanol–water partition coefficient (Wildman–Crippen LogP) is 0.380. The van der Waals surface area contributed by atoms with Crippen molar-refractivity contribution in [1.82, 2.24) is 5.32 Å². The standard InChI is InChI=1S/C11H19NO6/c1-11(2,3)18-10(15)12-8(9(13)14)7-6-16-4-5-17-7/h7-8H,4-6H2,1-3H3,(H,12,15)(H,13,14)/t7?,8-/m0/s1. The van der Waals surface area contributed by atoms with Gasteiger partial charge in [0.1, 0.15) is 11.7 Å². The fourth-order valence-electron chi connectivity index (χ4n) is 1.45. The highest BCUT2D eigenvalue weighted by Gasteiger charge is 2.33. The lowest BCUT2D eigenvalue weighted by Gasteiger charge is -2.29. The highest BCUT2D eigenvalue weighted by atomic mass is 16.6. The van der Waals surface area contributed by atoms with Crippen molar-refractivity contribution in [3.05, 3.63) is 0 Å². The number of hydrogen-bond donors (Lipinski definition) is 2. The van der Waals surface area contributed by atoms with Crippen LogP contribution in [-0.2, 0) is 19.0 Å². The molecule has 0 aromatic rings. The van der Waals surface area contributed by atoms with E-state index in [0.29, 0.717) is 13.2 Å². The number of hydrogen-bond acceptors (Lipinski definition) is 5. The van der Waals surface area contributed by atoms with Gasteiger partial charge in [0.05, 0.1) is 19.8 Å². The first kappa shape index (κ1) is 14.7. The van der Waals surface area contributed by atoms with Crippen LogP contribution in [0.1, 0.15) is 20.8 Å². The molecule has 0 spiro atoms. The van der Waals surface area contributed by atoms with E-state index in [4.69, 9.17) is 19.3 Å². The average Bonchev–Trinajstić information content (AvgIpc) is 2.24. The van der Waals surface area contributed by atoms with E-state index in [2.05, 4.69) is 5.32 Å². The van der Waals surface area contributed by atoms with Crippen molar-refractivity contribution < 1.29 is 28.9 Å². The lowest BCUT2D eigenvalue weighted by atomic mass is 10.1. The van der Waals surface area contributed by atoms with Gasteiger partial charge < -0.3 is 24.6 Å². The Balaban J connectivity index is 2.57. The van der Waals surface area contributed by atoms with E-state index in [1.54, 1.807) is 20.8 Å². The Morgan fingerprint density at radius 3 is 2.50 bits per heavy atom. The molecule has 0 aromatic heterocycles. The van der Waals surface area contributed by atoms with Crippen LogP contribution in [0, 0.1) is 0 Å². The number of carbonyl (C=O) groups excluding carboxylic acids is 1. The summed E-state index contributed by atoms with van der Waals surface area (Å²) in [5, 5.41) is 11.3. The fourth-order valence-corrected chi connectivity index (χ4v) is 1.45. The van der Waals surface area contributed by atoms with E-state index in [1.807, 2.05) is 0 Å². The molecule has 2 N–H and O–H groups in total. The Labute approximate surface area is 105 Å². The summed E-state index contributed by atoms with van der Waals surface area (Å²) < 4.78 is 15.4. The van der Waals surface area contributed by atoms with E-state index in [-0.39, 0.29) is 6.61 Å². The molecule has 2 atom stereocenters. The number of rotatable bonds is 3. The minimum atomic E-state index is -1.18. The predicted molar refractivity (Wildman–Crippen MR) is 61.4 cm³/mol. The zero-order chi connectivity index (χ0) is 13.8. The Morgan fingerprint density at radius 2 is 2.06 bits per heavy atom. The van der Waals surface area contributed by atoms with Crippen molar-refractivity contribution in [2.45, 2.75) is 38.5 Å². The van der Waals surface area contributed by atoms with Gasteiger partial charge in [-0.3, -0.25) is 0 Å². The van der Waals surface area contributed by atoms with E-state index in [9.17, 15) is 9.59 Å². The Morgan fingerprint density at radius 1 is 1.39 bits per heavy atom. The second-order valence-corrected chi connectivity index (χ2v) is 4.95. The van der Waals surface area contributed by atoms with Gasteiger partial charge in [-0.1, -0.05) is 0 Å². The topological polar surface area (TPSA) is 94.1 Å². The molecule has 1 aliphatic rings. The molecule has 1 unspecified atom stereocenters. The van der Waals surface area contributed by atoms with Gasteiger partial charge in [-0.15, -0.1) is 0 Å². The van der Waals surface area contributed by atoms with Crippen molar-refractivity contribution >= 4 is 12.1 Å². The quantitative estimate of drug-likeness (QED) is 0.762. The summed E-state index contributed by atoms with van der Waals surface area (Å²) in [7, 11) is 0. The Hall–Kier alpha value is -1.34. The molecule has 0 aromatic carbocycles. The monoisotopic (exact) mass is 261 g/mol. The first-order valence-corrected chi connectivity index (χ1v) is 5.71. The second kappa shape index (κ2) is 6.01. The molecule has 1 heterocycles. The van der Waals surface area contributed by atoms with E-state index < -0.39 is 29.8 Å². The zero-order valence-corrected chi connectivity index (χ0v) is 10.8. The molecule has 18 heavy (non-hydrogen) atoms. The van der Waals surface area contributed by atoms with Gasteiger partial charge in [-0.25, -0.2) is 9.59 Å². The number of nitrogens with one attached hydrogen (secondary N) is 1. The summed E-state index contributed by atoms with van der Waals surface area (Å²) in [5.74, 6) is -1.18. The van der Waals surface area contributed by atoms with Gasteiger partial charge in [0.25, 0.3) is 0 Å². The van der Waals surface area contributed by atoms with Crippen LogP contribution >= 0.6 is 0 Å². The first-order valence-electron chi connectivity index (χ1n) is 5.71. The summed E-state index contributed by atoms with van der Waals surface area (Å²) in [6.07, 6.45) is -1.49. The normalized spacial score (nSPS) is 22.1. The molecule has 104 valence electrons. The second-order valence-electron chi connectivity index (χ2n) is 4.95. The van der Waals surface area contributed by atoms with Crippen LogP contribution in [0.4, 0.5) is 4.79 Å². The molecule has 1 saturated heterocycles. The molecule has 0 bridgehead atoms. The van der Waals surface area contributed by atoms with Gasteiger partial charge in [-0.2, -0.15) is 0 Å². The molecule has 1 fully saturated rings. The smallest absolute Gasteiger partial charge is 0.408 e. The van der Waals surface area contributed by atoms with Gasteiger partial charge in [0.2, 0.25) is 0 Å². The minimum Gasteiger partial charge on any atom is -0.480 e. The summed E-state index contributed by atoms with van der Waals surface area (Å²) in [6, 6.07) is -1.18. The molecule has 7 nitrogen and oxygen atoms in total. The van der Waals surface area contributed by atoms with Gasteiger partial charge in [0.15, 0.2) is 6.04 Å². The van der Waals surface area contributed by atoms with Gasteiger partial charge in [0, 0.05) is 0 Å². The zero-order valence-electron chi connectivity index (χ0n) is 10.8. The summed E-state index contributed by atoms with van der Waals surface area (Å²) in [6.45, 7) is 5.96. The molecule has 1 amide bonds. The lowest BCUT2D eigenvalue weighted by Crippen LogP contribution is -2.54. The average molecular weight is 261 g/mol. The van der Waals surface area contributed by atoms with Crippen molar-refractivity contribution in [3.8, 4) is 0 Å². The summed E-state index contributed by atoms with van der Waals surface area (Å²) in [5.41, 5.74) is -0.683. The third-order valence-corrected chi connectivity index (χ3v) is 2.15. The van der Waals surface area contributed by atoms with Gasteiger partial charge >= 0.3 is 12.1 Å². The van der Waals surface area contributed by atoms with Crippen molar-refractivity contribution in [3.63, 3.8) is 0 Å². The minimum absolute atomic E-state index is 0.132. The summed E-state index contributed by atoms with van der Waals surface area (Å²) >= 11 is 0. The lowest BCUT2D eigenvalue weighted by molar-refractivity contribution is -0.152. The molecule has 0 saturated carbocycles. The Kier molecular flexibility index (Phi) is 4.92. The number of carboxylic acids is 1. The molecule has 0 aliphatic carbocycles. The van der Waals surface area contributed by atoms with Crippen molar-refractivity contribution in [2.24, 2.45) is 0 Å². The highest BCUT2D eigenvalue weighted by Crippen LogP contribution is 2.10. The number of aliphatic carboxylic acids is 1. The van der Waals surface area contributed by atoms with E-state index >= 15 is 0 Å². The number of amides is 1. The molecular weight excluding hydrogens is 242 g/mol. The van der Waals surface area contributed by atoms with Crippen molar-refractivity contribution in [1.29, 1.82) is 0 Å². The van der Waals surface area contributed by atoms with Crippen LogP contribution in [0.3, 0.4) is 0 Å². The SMILES string of the molecule is CC(C)(C)OC(=O)N[C@H](C(=O)O)C1COCCO1. The maximum atomic E-state index is 11.5. The summed E-state index contributed by atoms with van der Waals surface area (Å²) in [4.78, 5) is 22.6. The number of ether oxygens (including phenoxy) is 3. The van der Waals surface area contributed by atoms with Crippen LogP contribution in [0.15, 0.2) is 0 Å². The number of carbonyl (C=O) groups is 2. The molecule has 1 rings (SSSR count). The van der Waals surface area contributed by atoms with E-state index in [0.717, 1.165) is 0 Å². The molecule has 1 aliphatic heterocycles. The maximum Gasteiger partial charge on any atom is 0.408 e. The fraction of sp³-hybridized carbons (Fsp3) is 0.818. The van der Waals surface area contributed by atoms with E-state index in [1.165, 1.54) is 0 Å². The third kappa shape index (κ3) is 4.89. The van der Waals surface area contributed by atoms with Crippen LogP contribution < -0.4 is 5.32 Å². The number of alkyl carbamates (subject to hydrolysis) is 1. The van der Waals surface area contributed by atoms with Gasteiger partial charge in [-0.05, 0) is 20.8 Å². The van der Waals surface area contributed by atoms with Crippen molar-refractivity contribution in [2.75, 3.05) is 19.8 Å². The largest absolute Gasteiger partial charge is 0.480 e. The number of carboxylic acid groups (broad SMARTS) is 1. The molecule has 7 heteroatoms. The third-order valence-electron chi connectivity index (χ3n) is 2.15. The van der Waals surface area contributed by atoms with Crippen LogP contribution in [0.25, 0.3) is 0 Å². The Bertz CT molecular complexity index is 305. The molecule has 0 radical (unpaired) electrons. The van der Waals surface area contributed by atoms with Crippen LogP contribution in [0.2, 0.25) is 0 Å².